The van der Waals surface area contributed by atoms with Gasteiger partial charge in [-0.25, -0.2) is 0 Å². The number of hydrogen-bond donors (Lipinski definition) is 3. The molecule has 4 aromatic rings. The fraction of sp³-hybridized carbons (Fsp3) is 0.323. The Morgan fingerprint density at radius 2 is 1.85 bits per heavy atom. The molecular weight excluding hydrogens is 532 g/mol. The van der Waals surface area contributed by atoms with E-state index in [1.54, 1.807) is 30.5 Å². The normalized spacial score (nSPS) is 27.8. The van der Waals surface area contributed by atoms with E-state index >= 15 is 0 Å². The first-order chi connectivity index (χ1) is 19.9. The maximum absolute atomic E-state index is 13.3. The average Bonchev–Trinajstić information content (AvgIpc) is 3.47. The van der Waals surface area contributed by atoms with E-state index < -0.39 is 36.7 Å². The minimum absolute atomic E-state index is 0.0168. The predicted octanol–water partition coefficient (Wildman–Crippen LogP) is 3.65. The molecule has 0 radical (unpaired) electrons. The van der Waals surface area contributed by atoms with Gasteiger partial charge in [0, 0.05) is 24.5 Å². The van der Waals surface area contributed by atoms with Crippen molar-refractivity contribution in [2.75, 3.05) is 13.7 Å². The van der Waals surface area contributed by atoms with E-state index in [-0.39, 0.29) is 35.9 Å². The third-order valence-corrected chi connectivity index (χ3v) is 7.45. The number of methoxy groups -OCH3 is 1. The van der Waals surface area contributed by atoms with Gasteiger partial charge in [-0.05, 0) is 42.3 Å². The van der Waals surface area contributed by atoms with Crippen LogP contribution in [0.3, 0.4) is 0 Å². The molecule has 6 rings (SSSR count). The third-order valence-electron chi connectivity index (χ3n) is 7.45. The van der Waals surface area contributed by atoms with Crippen molar-refractivity contribution in [1.82, 2.24) is 0 Å². The molecule has 0 spiro atoms. The van der Waals surface area contributed by atoms with Crippen molar-refractivity contribution in [3.05, 3.63) is 95.7 Å². The second kappa shape index (κ2) is 11.2. The Kier molecular flexibility index (Phi) is 7.52. The summed E-state index contributed by atoms with van der Waals surface area (Å²) in [6, 6.07) is 20.9. The van der Waals surface area contributed by atoms with E-state index in [1.807, 2.05) is 30.3 Å². The van der Waals surface area contributed by atoms with Crippen molar-refractivity contribution in [3.63, 3.8) is 0 Å². The molecule has 0 bridgehead atoms. The molecule has 1 aromatic heterocycles. The number of Topliss-reactive ketones (excluding diaryl/α,β-unsaturated/α-hetero) is 1. The second-order valence-electron chi connectivity index (χ2n) is 10.0. The highest BCUT2D eigenvalue weighted by atomic mass is 16.9. The highest BCUT2D eigenvalue weighted by Gasteiger charge is 2.54. The van der Waals surface area contributed by atoms with Gasteiger partial charge in [0.15, 0.2) is 5.78 Å². The van der Waals surface area contributed by atoms with Gasteiger partial charge in [-0.15, -0.1) is 0 Å². The number of aryl methyl sites for hydroxylation is 1. The summed E-state index contributed by atoms with van der Waals surface area (Å²) in [5, 5.41) is 33.5. The topological polar surface area (TPSA) is 137 Å². The van der Waals surface area contributed by atoms with Crippen LogP contribution in [0.15, 0.2) is 83.5 Å². The molecule has 10 nitrogen and oxygen atoms in total. The average molecular weight is 563 g/mol. The lowest BCUT2D eigenvalue weighted by molar-refractivity contribution is -0.462. The summed E-state index contributed by atoms with van der Waals surface area (Å²) < 4.78 is 34.7. The van der Waals surface area contributed by atoms with E-state index in [9.17, 15) is 20.1 Å². The van der Waals surface area contributed by atoms with Gasteiger partial charge in [0.1, 0.15) is 47.1 Å². The molecule has 10 heteroatoms. The summed E-state index contributed by atoms with van der Waals surface area (Å²) in [4.78, 5) is 13.3. The van der Waals surface area contributed by atoms with Gasteiger partial charge >= 0.3 is 5.97 Å². The van der Waals surface area contributed by atoms with Crippen LogP contribution in [0.2, 0.25) is 0 Å². The van der Waals surface area contributed by atoms with Crippen LogP contribution >= 0.6 is 0 Å². The SMILES string of the molecule is COC1(c2ccccc2)OC[C@H]2O[C@@H](Oc3cccc(O)c3C(=O)CCc3ccc4occc4c3)[C@H](O)[C@@H](O)[C@@H]2O1. The van der Waals surface area contributed by atoms with Gasteiger partial charge in [-0.1, -0.05) is 42.5 Å². The van der Waals surface area contributed by atoms with Crippen molar-refractivity contribution in [1.29, 1.82) is 0 Å². The van der Waals surface area contributed by atoms with E-state index in [0.717, 1.165) is 16.5 Å². The molecule has 3 N–H and O–H groups in total. The number of ether oxygens (including phenoxy) is 5. The van der Waals surface area contributed by atoms with Crippen LogP contribution in [0.25, 0.3) is 11.0 Å². The molecular formula is C31H30O10. The Morgan fingerprint density at radius 1 is 1.02 bits per heavy atom. The Bertz CT molecular complexity index is 1520. The number of aromatic hydroxyl groups is 1. The summed E-state index contributed by atoms with van der Waals surface area (Å²) >= 11 is 0. The fourth-order valence-electron chi connectivity index (χ4n) is 5.28. The van der Waals surface area contributed by atoms with Gasteiger partial charge in [0.2, 0.25) is 6.29 Å². The van der Waals surface area contributed by atoms with Crippen LogP contribution < -0.4 is 4.74 Å². The lowest BCUT2D eigenvalue weighted by atomic mass is 9.97. The molecule has 6 atom stereocenters. The number of aliphatic hydroxyl groups is 2. The monoisotopic (exact) mass is 562 g/mol. The molecule has 0 amide bonds. The van der Waals surface area contributed by atoms with E-state index in [2.05, 4.69) is 0 Å². The van der Waals surface area contributed by atoms with Gasteiger partial charge < -0.3 is 43.4 Å². The van der Waals surface area contributed by atoms with Crippen LogP contribution in [0, 0.1) is 0 Å². The maximum atomic E-state index is 13.3. The molecule has 3 heterocycles. The maximum Gasteiger partial charge on any atom is 0.312 e. The molecule has 0 saturated carbocycles. The smallest absolute Gasteiger partial charge is 0.312 e. The molecule has 2 aliphatic heterocycles. The van der Waals surface area contributed by atoms with E-state index in [4.69, 9.17) is 28.1 Å². The quantitative estimate of drug-likeness (QED) is 0.273. The van der Waals surface area contributed by atoms with Crippen LogP contribution in [0.1, 0.15) is 27.9 Å². The first-order valence-corrected chi connectivity index (χ1v) is 13.3. The first kappa shape index (κ1) is 27.4. The van der Waals surface area contributed by atoms with Crippen molar-refractivity contribution < 1.29 is 48.2 Å². The number of fused-ring (bicyclic) bond motifs is 2. The number of aliphatic hydroxyl groups excluding tert-OH is 2. The third kappa shape index (κ3) is 5.21. The van der Waals surface area contributed by atoms with Crippen molar-refractivity contribution in [2.45, 2.75) is 49.5 Å². The minimum atomic E-state index is -1.59. The predicted molar refractivity (Wildman–Crippen MR) is 144 cm³/mol. The molecule has 2 saturated heterocycles. The van der Waals surface area contributed by atoms with Crippen molar-refractivity contribution in [3.8, 4) is 11.5 Å². The van der Waals surface area contributed by atoms with Gasteiger partial charge in [-0.3, -0.25) is 4.79 Å². The van der Waals surface area contributed by atoms with Crippen LogP contribution in [-0.4, -0.2) is 65.5 Å². The number of phenolic OH excluding ortho intramolecular Hbond substituents is 1. The molecule has 41 heavy (non-hydrogen) atoms. The molecule has 2 aliphatic rings. The zero-order valence-electron chi connectivity index (χ0n) is 22.2. The summed E-state index contributed by atoms with van der Waals surface area (Å²) in [6.07, 6.45) is -4.05. The van der Waals surface area contributed by atoms with Crippen molar-refractivity contribution >= 4 is 16.8 Å². The van der Waals surface area contributed by atoms with Gasteiger partial charge in [0.05, 0.1) is 12.9 Å². The van der Waals surface area contributed by atoms with E-state index in [0.29, 0.717) is 12.0 Å². The highest BCUT2D eigenvalue weighted by molar-refractivity contribution is 6.01. The van der Waals surface area contributed by atoms with Crippen LogP contribution in [-0.2, 0) is 31.3 Å². The lowest BCUT2D eigenvalue weighted by Crippen LogP contribution is -2.65. The zero-order valence-corrected chi connectivity index (χ0v) is 22.2. The number of ketones is 1. The summed E-state index contributed by atoms with van der Waals surface area (Å²) in [5.41, 5.74) is 2.23. The first-order valence-electron chi connectivity index (χ1n) is 13.3. The number of hydrogen-bond acceptors (Lipinski definition) is 10. The fourth-order valence-corrected chi connectivity index (χ4v) is 5.28. The highest BCUT2D eigenvalue weighted by Crippen LogP contribution is 2.40. The number of carbonyl (C=O) groups is 1. The lowest BCUT2D eigenvalue weighted by Gasteiger charge is -2.49. The van der Waals surface area contributed by atoms with Crippen LogP contribution in [0.4, 0.5) is 0 Å². The molecule has 0 aliphatic carbocycles. The molecule has 2 fully saturated rings. The molecule has 3 aromatic carbocycles. The summed E-state index contributed by atoms with van der Waals surface area (Å²) in [7, 11) is 1.42. The largest absolute Gasteiger partial charge is 0.507 e. The Hall–Kier alpha value is -3.77. The Morgan fingerprint density at radius 3 is 2.66 bits per heavy atom. The summed E-state index contributed by atoms with van der Waals surface area (Å²) in [6.45, 7) is -0.0378. The Balaban J connectivity index is 1.17. The number of benzene rings is 3. The standard InChI is InChI=1S/C31H30O10/c1-36-31(20-6-3-2-4-7-20)38-17-25-29(41-31)27(34)28(35)30(40-25)39-24-9-5-8-21(32)26(24)22(33)12-10-18-11-13-23-19(16-18)14-15-37-23/h2-9,11,13-16,25,27-30,32,34-35H,10,12,17H2,1H3/t25-,27-,28-,29-,30-,31?/m1/s1. The zero-order chi connectivity index (χ0) is 28.6. The molecule has 214 valence electrons. The van der Waals surface area contributed by atoms with E-state index in [1.165, 1.54) is 25.3 Å². The van der Waals surface area contributed by atoms with Gasteiger partial charge in [-0.2, -0.15) is 0 Å². The second-order valence-corrected chi connectivity index (χ2v) is 10.0. The van der Waals surface area contributed by atoms with Gasteiger partial charge in [0.25, 0.3) is 0 Å². The number of carbonyl (C=O) groups excluding carboxylic acids is 1. The molecule has 1 unspecified atom stereocenters. The van der Waals surface area contributed by atoms with Crippen LogP contribution in [0.5, 0.6) is 11.5 Å². The number of phenols is 1. The Labute approximate surface area is 235 Å². The minimum Gasteiger partial charge on any atom is -0.507 e. The summed E-state index contributed by atoms with van der Waals surface area (Å²) in [5.74, 6) is -2.19. The number of rotatable bonds is 8. The van der Waals surface area contributed by atoms with Crippen molar-refractivity contribution in [2.24, 2.45) is 0 Å². The number of furan rings is 1.